The highest BCUT2D eigenvalue weighted by atomic mass is 32.2. The van der Waals surface area contributed by atoms with Gasteiger partial charge in [0.1, 0.15) is 0 Å². The van der Waals surface area contributed by atoms with E-state index in [9.17, 15) is 18.0 Å². The molecule has 36 heavy (non-hydrogen) atoms. The predicted octanol–water partition coefficient (Wildman–Crippen LogP) is 2.89. The molecule has 1 fully saturated rings. The highest BCUT2D eigenvalue weighted by molar-refractivity contribution is 7.89. The molecule has 0 saturated carbocycles. The molecule has 2 atom stereocenters. The number of carbonyl (C=O) groups is 2. The first-order chi connectivity index (χ1) is 17.1. The number of rotatable bonds is 10. The minimum absolute atomic E-state index is 0.133. The summed E-state index contributed by atoms with van der Waals surface area (Å²) in [5, 5.41) is 2.70. The molecular formula is C26H34N2O7S. The second-order valence-corrected chi connectivity index (χ2v) is 11.1. The maximum Gasteiger partial charge on any atom is 0.338 e. The molecule has 0 radical (unpaired) electrons. The summed E-state index contributed by atoms with van der Waals surface area (Å²) in [5.41, 5.74) is 1.13. The maximum atomic E-state index is 13.0. The zero-order valence-corrected chi connectivity index (χ0v) is 22.0. The van der Waals surface area contributed by atoms with Crippen molar-refractivity contribution in [1.29, 1.82) is 0 Å². The van der Waals surface area contributed by atoms with Gasteiger partial charge in [-0.15, -0.1) is 0 Å². The summed E-state index contributed by atoms with van der Waals surface area (Å²) >= 11 is 0. The summed E-state index contributed by atoms with van der Waals surface area (Å²) in [7, 11) is -0.519. The molecule has 2 aromatic rings. The number of benzene rings is 2. The molecule has 0 aliphatic carbocycles. The third-order valence-electron chi connectivity index (χ3n) is 6.08. The van der Waals surface area contributed by atoms with Gasteiger partial charge >= 0.3 is 5.97 Å². The van der Waals surface area contributed by atoms with Crippen LogP contribution in [-0.4, -0.2) is 65.1 Å². The second-order valence-electron chi connectivity index (χ2n) is 9.16. The van der Waals surface area contributed by atoms with E-state index >= 15 is 0 Å². The Morgan fingerprint density at radius 1 is 0.972 bits per heavy atom. The number of ether oxygens (including phenoxy) is 3. The van der Waals surface area contributed by atoms with Crippen LogP contribution in [0.4, 0.5) is 0 Å². The molecule has 1 amide bonds. The minimum Gasteiger partial charge on any atom is -0.493 e. The lowest BCUT2D eigenvalue weighted by atomic mass is 9.94. The van der Waals surface area contributed by atoms with Gasteiger partial charge in [0.25, 0.3) is 5.91 Å². The fourth-order valence-corrected chi connectivity index (χ4v) is 6.04. The molecule has 1 saturated heterocycles. The first-order valence-corrected chi connectivity index (χ1v) is 13.3. The fourth-order valence-electron chi connectivity index (χ4n) is 4.36. The quantitative estimate of drug-likeness (QED) is 0.482. The number of nitrogens with zero attached hydrogens (tertiary/aromatic N) is 1. The van der Waals surface area contributed by atoms with Gasteiger partial charge in [0.15, 0.2) is 18.1 Å². The van der Waals surface area contributed by atoms with Crippen molar-refractivity contribution in [2.45, 2.75) is 31.6 Å². The Labute approximate surface area is 212 Å². The summed E-state index contributed by atoms with van der Waals surface area (Å²) in [4.78, 5) is 24.6. The zero-order chi connectivity index (χ0) is 26.3. The van der Waals surface area contributed by atoms with Crippen LogP contribution in [-0.2, 0) is 26.0 Å². The van der Waals surface area contributed by atoms with Crippen molar-refractivity contribution >= 4 is 21.9 Å². The molecule has 0 aromatic heterocycles. The smallest absolute Gasteiger partial charge is 0.338 e. The van der Waals surface area contributed by atoms with Gasteiger partial charge in [0.05, 0.1) is 24.7 Å². The summed E-state index contributed by atoms with van der Waals surface area (Å²) in [5.74, 6) is 0.684. The van der Waals surface area contributed by atoms with Crippen LogP contribution in [0.2, 0.25) is 0 Å². The number of esters is 1. The SMILES string of the molecule is COc1ccc(CCNC(=O)COC(=O)c2ccc(S(=O)(=O)N3C[C@H](C)C[C@H](C)C3)cc2)cc1OC. The van der Waals surface area contributed by atoms with Gasteiger partial charge in [-0.1, -0.05) is 19.9 Å². The van der Waals surface area contributed by atoms with Crippen molar-refractivity contribution in [3.63, 3.8) is 0 Å². The van der Waals surface area contributed by atoms with Crippen molar-refractivity contribution < 1.29 is 32.2 Å². The highest BCUT2D eigenvalue weighted by Crippen LogP contribution is 2.28. The van der Waals surface area contributed by atoms with E-state index in [0.29, 0.717) is 49.4 Å². The topological polar surface area (TPSA) is 111 Å². The molecule has 0 bridgehead atoms. The molecule has 0 spiro atoms. The minimum atomic E-state index is -3.64. The van der Waals surface area contributed by atoms with Gasteiger partial charge in [0, 0.05) is 19.6 Å². The van der Waals surface area contributed by atoms with Crippen molar-refractivity contribution in [1.82, 2.24) is 9.62 Å². The van der Waals surface area contributed by atoms with E-state index in [1.807, 2.05) is 26.0 Å². The Morgan fingerprint density at radius 2 is 1.61 bits per heavy atom. The molecular weight excluding hydrogens is 484 g/mol. The van der Waals surface area contributed by atoms with Gasteiger partial charge in [0.2, 0.25) is 10.0 Å². The summed E-state index contributed by atoms with van der Waals surface area (Å²) in [6, 6.07) is 11.1. The Bertz CT molecular complexity index is 1160. The Balaban J connectivity index is 1.48. The van der Waals surface area contributed by atoms with Gasteiger partial charge in [-0.25, -0.2) is 13.2 Å². The van der Waals surface area contributed by atoms with Crippen LogP contribution in [0.5, 0.6) is 11.5 Å². The molecule has 3 rings (SSSR count). The number of hydrogen-bond acceptors (Lipinski definition) is 7. The van der Waals surface area contributed by atoms with Crippen molar-refractivity contribution in [2.75, 3.05) is 40.5 Å². The number of amides is 1. The molecule has 1 heterocycles. The van der Waals surface area contributed by atoms with E-state index in [4.69, 9.17) is 14.2 Å². The van der Waals surface area contributed by atoms with Gasteiger partial charge in [-0.3, -0.25) is 4.79 Å². The van der Waals surface area contributed by atoms with Crippen LogP contribution < -0.4 is 14.8 Å². The molecule has 196 valence electrons. The van der Waals surface area contributed by atoms with Crippen LogP contribution in [0.1, 0.15) is 36.2 Å². The number of sulfonamides is 1. The third kappa shape index (κ3) is 6.98. The lowest BCUT2D eigenvalue weighted by Gasteiger charge is -2.34. The Hall–Kier alpha value is -3.11. The molecule has 0 unspecified atom stereocenters. The van der Waals surface area contributed by atoms with Crippen LogP contribution >= 0.6 is 0 Å². The molecule has 10 heteroatoms. The van der Waals surface area contributed by atoms with Gasteiger partial charge in [-0.2, -0.15) is 4.31 Å². The van der Waals surface area contributed by atoms with Crippen LogP contribution in [0.3, 0.4) is 0 Å². The van der Waals surface area contributed by atoms with Crippen molar-refractivity contribution in [2.24, 2.45) is 11.8 Å². The number of piperidine rings is 1. The van der Waals surface area contributed by atoms with E-state index in [0.717, 1.165) is 12.0 Å². The van der Waals surface area contributed by atoms with Crippen molar-refractivity contribution in [3.05, 3.63) is 53.6 Å². The zero-order valence-electron chi connectivity index (χ0n) is 21.2. The van der Waals surface area contributed by atoms with E-state index < -0.39 is 28.5 Å². The normalized spacial score (nSPS) is 18.3. The highest BCUT2D eigenvalue weighted by Gasteiger charge is 2.31. The third-order valence-corrected chi connectivity index (χ3v) is 7.93. The first kappa shape index (κ1) is 27.5. The predicted molar refractivity (Wildman–Crippen MR) is 135 cm³/mol. The van der Waals surface area contributed by atoms with Crippen LogP contribution in [0, 0.1) is 11.8 Å². The van der Waals surface area contributed by atoms with E-state index in [1.165, 1.54) is 28.6 Å². The summed E-state index contributed by atoms with van der Waals surface area (Å²) < 4.78 is 43.0. The Kier molecular flexibility index (Phi) is 9.33. The summed E-state index contributed by atoms with van der Waals surface area (Å²) in [6.07, 6.45) is 1.56. The first-order valence-electron chi connectivity index (χ1n) is 11.9. The van der Waals surface area contributed by atoms with Crippen LogP contribution in [0.15, 0.2) is 47.4 Å². The van der Waals surface area contributed by atoms with E-state index in [1.54, 1.807) is 20.3 Å². The number of methoxy groups -OCH3 is 2. The average Bonchev–Trinajstić information content (AvgIpc) is 2.86. The van der Waals surface area contributed by atoms with E-state index in [-0.39, 0.29) is 10.5 Å². The standard InChI is InChI=1S/C26H34N2O7S/c1-18-13-19(2)16-28(15-18)36(31,32)22-8-6-21(7-9-22)26(30)35-17-25(29)27-12-11-20-5-10-23(33-3)24(14-20)34-4/h5-10,14,18-19H,11-13,15-17H2,1-4H3,(H,27,29)/t18-,19+. The molecule has 9 nitrogen and oxygen atoms in total. The summed E-state index contributed by atoms with van der Waals surface area (Å²) in [6.45, 7) is 4.98. The van der Waals surface area contributed by atoms with Crippen molar-refractivity contribution in [3.8, 4) is 11.5 Å². The fraction of sp³-hybridized carbons (Fsp3) is 0.462. The molecule has 1 aliphatic heterocycles. The lowest BCUT2D eigenvalue weighted by molar-refractivity contribution is -0.124. The Morgan fingerprint density at radius 3 is 2.22 bits per heavy atom. The maximum absolute atomic E-state index is 13.0. The molecule has 2 aromatic carbocycles. The lowest BCUT2D eigenvalue weighted by Crippen LogP contribution is -2.42. The number of carbonyl (C=O) groups excluding carboxylic acids is 2. The average molecular weight is 519 g/mol. The van der Waals surface area contributed by atoms with Crippen LogP contribution in [0.25, 0.3) is 0 Å². The van der Waals surface area contributed by atoms with Gasteiger partial charge in [-0.05, 0) is 66.6 Å². The molecule has 1 N–H and O–H groups in total. The monoisotopic (exact) mass is 518 g/mol. The van der Waals surface area contributed by atoms with E-state index in [2.05, 4.69) is 5.32 Å². The second kappa shape index (κ2) is 12.2. The largest absolute Gasteiger partial charge is 0.493 e. The number of nitrogens with one attached hydrogen (secondary N) is 1. The number of hydrogen-bond donors (Lipinski definition) is 1. The molecule has 1 aliphatic rings. The van der Waals surface area contributed by atoms with Gasteiger partial charge < -0.3 is 19.5 Å².